The van der Waals surface area contributed by atoms with Gasteiger partial charge in [0.25, 0.3) is 0 Å². The molecule has 1 aromatic carbocycles. The zero-order valence-electron chi connectivity index (χ0n) is 7.53. The second-order valence-electron chi connectivity index (χ2n) is 3.03. The number of hydrogen-bond donors (Lipinski definition) is 0. The number of halogens is 7. The van der Waals surface area contributed by atoms with Crippen molar-refractivity contribution in [2.24, 2.45) is 0 Å². The molecule has 0 bridgehead atoms. The van der Waals surface area contributed by atoms with Crippen LogP contribution >= 0.6 is 15.9 Å². The second-order valence-corrected chi connectivity index (χ2v) is 3.94. The van der Waals surface area contributed by atoms with Gasteiger partial charge in [-0.1, -0.05) is 34.1 Å². The fraction of sp³-hybridized carbons (Fsp3) is 0.333. The van der Waals surface area contributed by atoms with E-state index < -0.39 is 28.3 Å². The highest BCUT2D eigenvalue weighted by Crippen LogP contribution is 2.41. The zero-order chi connectivity index (χ0) is 12.6. The smallest absolute Gasteiger partial charge is 0.169 e. The summed E-state index contributed by atoms with van der Waals surface area (Å²) >= 11 is 2.31. The van der Waals surface area contributed by atoms with Gasteiger partial charge in [0.1, 0.15) is 4.83 Å². The minimum atomic E-state index is -4.64. The Hall–Kier alpha value is -0.720. The van der Waals surface area contributed by atoms with Crippen LogP contribution in [0, 0.1) is 0 Å². The summed E-state index contributed by atoms with van der Waals surface area (Å²) in [7, 11) is 0. The predicted molar refractivity (Wildman–Crippen MR) is 49.2 cm³/mol. The quantitative estimate of drug-likeness (QED) is 0.521. The Balaban J connectivity index is 3.09. The van der Waals surface area contributed by atoms with E-state index in [0.717, 1.165) is 18.2 Å². The molecule has 0 unspecified atom stereocenters. The molecule has 1 aromatic rings. The van der Waals surface area contributed by atoms with Gasteiger partial charge in [-0.05, 0) is 11.6 Å². The van der Waals surface area contributed by atoms with E-state index in [-0.39, 0.29) is 0 Å². The third kappa shape index (κ3) is 3.13. The molecule has 90 valence electrons. The molecule has 0 spiro atoms. The van der Waals surface area contributed by atoms with Gasteiger partial charge < -0.3 is 0 Å². The van der Waals surface area contributed by atoms with Gasteiger partial charge in [0.2, 0.25) is 0 Å². The maximum absolute atomic E-state index is 12.2. The summed E-state index contributed by atoms with van der Waals surface area (Å²) in [5, 5.41) is 0. The van der Waals surface area contributed by atoms with Crippen molar-refractivity contribution in [3.8, 4) is 0 Å². The topological polar surface area (TPSA) is 0 Å². The summed E-state index contributed by atoms with van der Waals surface area (Å²) in [5.41, 5.74) is -1.57. The van der Waals surface area contributed by atoms with Crippen LogP contribution in [0.5, 0.6) is 0 Å². The van der Waals surface area contributed by atoms with E-state index in [1.54, 1.807) is 0 Å². The molecule has 16 heavy (non-hydrogen) atoms. The van der Waals surface area contributed by atoms with Crippen LogP contribution in [0.15, 0.2) is 24.3 Å². The van der Waals surface area contributed by atoms with E-state index >= 15 is 0 Å². The molecule has 0 aliphatic carbocycles. The lowest BCUT2D eigenvalue weighted by Gasteiger charge is -2.15. The van der Waals surface area contributed by atoms with Crippen molar-refractivity contribution in [2.75, 3.05) is 0 Å². The molecule has 0 radical (unpaired) electrons. The molecule has 1 rings (SSSR count). The summed E-state index contributed by atoms with van der Waals surface area (Å²) in [4.78, 5) is -2.10. The molecule has 0 aliphatic heterocycles. The fourth-order valence-electron chi connectivity index (χ4n) is 1.06. The van der Waals surface area contributed by atoms with Crippen molar-refractivity contribution in [1.82, 2.24) is 0 Å². The molecule has 0 saturated heterocycles. The largest absolute Gasteiger partial charge is 0.416 e. The van der Waals surface area contributed by atoms with Crippen LogP contribution in [-0.2, 0) is 6.18 Å². The molecular weight excluding hydrogens is 302 g/mol. The minimum Gasteiger partial charge on any atom is -0.169 e. The van der Waals surface area contributed by atoms with Gasteiger partial charge in [-0.25, -0.2) is 0 Å². The summed E-state index contributed by atoms with van der Waals surface area (Å²) < 4.78 is 73.4. The van der Waals surface area contributed by atoms with E-state index in [1.807, 2.05) is 0 Å². The van der Waals surface area contributed by atoms with Crippen molar-refractivity contribution in [3.05, 3.63) is 35.4 Å². The monoisotopic (exact) mass is 306 g/mol. The molecule has 0 N–H and O–H groups in total. The Morgan fingerprint density at radius 2 is 1.56 bits per heavy atom. The molecule has 0 aliphatic rings. The van der Waals surface area contributed by atoms with E-state index in [4.69, 9.17) is 0 Å². The molecule has 0 nitrogen and oxygen atoms in total. The van der Waals surface area contributed by atoms with Crippen LogP contribution in [-0.4, -0.2) is 6.18 Å². The van der Waals surface area contributed by atoms with Gasteiger partial charge in [-0.2, -0.15) is 26.3 Å². The van der Waals surface area contributed by atoms with Crippen molar-refractivity contribution in [1.29, 1.82) is 0 Å². The van der Waals surface area contributed by atoms with Gasteiger partial charge in [-0.3, -0.25) is 0 Å². The lowest BCUT2D eigenvalue weighted by Crippen LogP contribution is -2.16. The number of rotatable bonds is 1. The first kappa shape index (κ1) is 13.3. The van der Waals surface area contributed by atoms with Gasteiger partial charge in [0.05, 0.1) is 5.56 Å². The minimum absolute atomic E-state index is 0.470. The van der Waals surface area contributed by atoms with Crippen LogP contribution in [0.3, 0.4) is 0 Å². The molecule has 7 heteroatoms. The number of alkyl halides is 7. The third-order valence-corrected chi connectivity index (χ3v) is 2.84. The van der Waals surface area contributed by atoms with Gasteiger partial charge in [0, 0.05) is 0 Å². The Bertz CT molecular complexity index is 367. The summed E-state index contributed by atoms with van der Waals surface area (Å²) in [6.45, 7) is 0. The van der Waals surface area contributed by atoms with Crippen LogP contribution in [0.1, 0.15) is 16.0 Å². The Morgan fingerprint density at radius 3 is 2.00 bits per heavy atom. The highest BCUT2D eigenvalue weighted by atomic mass is 79.9. The molecule has 0 amide bonds. The van der Waals surface area contributed by atoms with Crippen LogP contribution in [0.25, 0.3) is 0 Å². The second kappa shape index (κ2) is 4.27. The molecule has 0 fully saturated rings. The normalized spacial score (nSPS) is 14.9. The van der Waals surface area contributed by atoms with E-state index in [9.17, 15) is 26.3 Å². The van der Waals surface area contributed by atoms with Gasteiger partial charge >= 0.3 is 12.4 Å². The maximum atomic E-state index is 12.2. The first-order chi connectivity index (χ1) is 7.12. The van der Waals surface area contributed by atoms with Crippen molar-refractivity contribution in [2.45, 2.75) is 17.2 Å². The molecule has 0 saturated carbocycles. The first-order valence-electron chi connectivity index (χ1n) is 4.00. The highest BCUT2D eigenvalue weighted by molar-refractivity contribution is 9.09. The van der Waals surface area contributed by atoms with Crippen LogP contribution in [0.2, 0.25) is 0 Å². The molecular formula is C9H5BrF6. The van der Waals surface area contributed by atoms with Crippen LogP contribution in [0.4, 0.5) is 26.3 Å². The van der Waals surface area contributed by atoms with Gasteiger partial charge in [-0.15, -0.1) is 0 Å². The van der Waals surface area contributed by atoms with Crippen molar-refractivity contribution < 1.29 is 26.3 Å². The summed E-state index contributed by atoms with van der Waals surface area (Å²) in [6, 6.07) is 3.13. The predicted octanol–water partition coefficient (Wildman–Crippen LogP) is 4.70. The van der Waals surface area contributed by atoms with Crippen molar-refractivity contribution >= 4 is 15.9 Å². The Morgan fingerprint density at radius 1 is 1.00 bits per heavy atom. The Labute approximate surface area is 95.4 Å². The fourth-order valence-corrected chi connectivity index (χ4v) is 1.35. The number of benzene rings is 1. The van der Waals surface area contributed by atoms with E-state index in [0.29, 0.717) is 6.07 Å². The Kier molecular flexibility index (Phi) is 3.56. The SMILES string of the molecule is FC(F)(F)c1cccc([C@H](Br)C(F)(F)F)c1. The lowest BCUT2D eigenvalue weighted by atomic mass is 10.1. The molecule has 0 heterocycles. The highest BCUT2D eigenvalue weighted by Gasteiger charge is 2.40. The maximum Gasteiger partial charge on any atom is 0.416 e. The molecule has 1 atom stereocenters. The first-order valence-corrected chi connectivity index (χ1v) is 4.92. The van der Waals surface area contributed by atoms with Crippen LogP contribution < -0.4 is 0 Å². The summed E-state index contributed by atoms with van der Waals surface area (Å²) in [6.07, 6.45) is -9.27. The van der Waals surface area contributed by atoms with Crippen molar-refractivity contribution in [3.63, 3.8) is 0 Å². The average Bonchev–Trinajstić information content (AvgIpc) is 2.14. The average molecular weight is 307 g/mol. The lowest BCUT2D eigenvalue weighted by molar-refractivity contribution is -0.138. The van der Waals surface area contributed by atoms with E-state index in [1.165, 1.54) is 0 Å². The number of hydrogen-bond acceptors (Lipinski definition) is 0. The third-order valence-electron chi connectivity index (χ3n) is 1.79. The summed E-state index contributed by atoms with van der Waals surface area (Å²) in [5.74, 6) is 0. The standard InChI is InChI=1S/C9H5BrF6/c10-7(9(14,15)16)5-2-1-3-6(4-5)8(11,12)13/h1-4,7H/t7-/m0/s1. The molecule has 0 aromatic heterocycles. The van der Waals surface area contributed by atoms with E-state index in [2.05, 4.69) is 15.9 Å². The zero-order valence-corrected chi connectivity index (χ0v) is 9.12. The van der Waals surface area contributed by atoms with Gasteiger partial charge in [0.15, 0.2) is 0 Å².